The van der Waals surface area contributed by atoms with E-state index in [9.17, 15) is 4.79 Å². The molecule has 1 N–H and O–H groups in total. The Morgan fingerprint density at radius 3 is 2.84 bits per heavy atom. The summed E-state index contributed by atoms with van der Waals surface area (Å²) < 4.78 is 12.5. The number of nitrogens with zero attached hydrogens (tertiary/aromatic N) is 3. The van der Waals surface area contributed by atoms with E-state index in [1.54, 1.807) is 30.0 Å². The average Bonchev–Trinajstić information content (AvgIpc) is 3.43. The number of halogens is 1. The van der Waals surface area contributed by atoms with Gasteiger partial charge in [-0.25, -0.2) is 0 Å². The minimum atomic E-state index is -0.167. The minimum Gasteiger partial charge on any atom is -0.497 e. The number of nitrogens with one attached hydrogen (secondary N) is 1. The van der Waals surface area contributed by atoms with E-state index >= 15 is 0 Å². The predicted molar refractivity (Wildman–Crippen MR) is 118 cm³/mol. The maximum atomic E-state index is 12.7. The van der Waals surface area contributed by atoms with Crippen molar-refractivity contribution in [2.45, 2.75) is 19.5 Å². The molecule has 2 heterocycles. The normalized spacial score (nSPS) is 11.8. The van der Waals surface area contributed by atoms with Crippen LogP contribution in [0.1, 0.15) is 18.5 Å². The van der Waals surface area contributed by atoms with E-state index in [0.29, 0.717) is 22.4 Å². The molecular weight excluding hydrogens is 416 g/mol. The third-order valence-electron chi connectivity index (χ3n) is 4.84. The topological polar surface area (TPSA) is 82.2 Å². The number of hydrogen-bond acceptors (Lipinski definition) is 5. The van der Waals surface area contributed by atoms with E-state index in [1.165, 1.54) is 0 Å². The van der Waals surface area contributed by atoms with Crippen LogP contribution in [0.15, 0.2) is 71.4 Å². The lowest BCUT2D eigenvalue weighted by Gasteiger charge is -2.16. The minimum absolute atomic E-state index is 0.117. The van der Waals surface area contributed by atoms with Crippen LogP contribution in [0.5, 0.6) is 5.75 Å². The smallest absolute Gasteiger partial charge is 0.274 e. The van der Waals surface area contributed by atoms with Gasteiger partial charge in [0, 0.05) is 16.8 Å². The van der Waals surface area contributed by atoms with Crippen molar-refractivity contribution in [1.82, 2.24) is 20.0 Å². The van der Waals surface area contributed by atoms with Crippen LogP contribution in [0.3, 0.4) is 0 Å². The summed E-state index contributed by atoms with van der Waals surface area (Å²) in [5.74, 6) is 1.37. The molecule has 0 unspecified atom stereocenters. The lowest BCUT2D eigenvalue weighted by Crippen LogP contribution is -2.30. The summed E-state index contributed by atoms with van der Waals surface area (Å²) in [5, 5.41) is 7.63. The van der Waals surface area contributed by atoms with Gasteiger partial charge in [0.1, 0.15) is 18.0 Å². The zero-order valence-corrected chi connectivity index (χ0v) is 17.8. The molecule has 0 fully saturated rings. The second kappa shape index (κ2) is 9.06. The number of hydrogen-bond donors (Lipinski definition) is 1. The molecule has 0 bridgehead atoms. The van der Waals surface area contributed by atoms with Gasteiger partial charge in [0.25, 0.3) is 5.89 Å². The number of aromatic nitrogens is 3. The Labute approximate surface area is 184 Å². The molecule has 0 saturated heterocycles. The summed E-state index contributed by atoms with van der Waals surface area (Å²) in [6.07, 6.45) is 1.80. The molecule has 0 spiro atoms. The second-order valence-electron chi connectivity index (χ2n) is 7.02. The quantitative estimate of drug-likeness (QED) is 0.452. The molecule has 4 aromatic rings. The molecule has 7 nitrogen and oxygen atoms in total. The van der Waals surface area contributed by atoms with Gasteiger partial charge in [-0.1, -0.05) is 41.0 Å². The second-order valence-corrected chi connectivity index (χ2v) is 7.46. The molecule has 0 aliphatic carbocycles. The van der Waals surface area contributed by atoms with E-state index < -0.39 is 0 Å². The van der Waals surface area contributed by atoms with Crippen LogP contribution in [-0.4, -0.2) is 27.7 Å². The van der Waals surface area contributed by atoms with Gasteiger partial charge in [-0.05, 0) is 48.9 Å². The van der Waals surface area contributed by atoms with Gasteiger partial charge in [0.2, 0.25) is 11.7 Å². The standard InChI is InChI=1S/C23H21ClN4O3/c1-15(16-6-4-9-19(13-16)30-2)25-21(29)14-28-11-5-10-20(28)23-26-22(27-31-23)17-7-3-8-18(24)12-17/h3-13,15H,14H2,1-2H3,(H,25,29)/t15-/m0/s1. The van der Waals surface area contributed by atoms with Crippen molar-refractivity contribution in [3.05, 3.63) is 77.4 Å². The fourth-order valence-electron chi connectivity index (χ4n) is 3.25. The Balaban J connectivity index is 1.47. The molecule has 2 aromatic heterocycles. The van der Waals surface area contributed by atoms with Crippen molar-refractivity contribution in [3.8, 4) is 28.7 Å². The first kappa shape index (κ1) is 20.7. The highest BCUT2D eigenvalue weighted by Gasteiger charge is 2.17. The summed E-state index contributed by atoms with van der Waals surface area (Å²) in [4.78, 5) is 17.1. The fourth-order valence-corrected chi connectivity index (χ4v) is 3.44. The van der Waals surface area contributed by atoms with Crippen molar-refractivity contribution in [2.75, 3.05) is 7.11 Å². The third-order valence-corrected chi connectivity index (χ3v) is 5.08. The Morgan fingerprint density at radius 1 is 1.19 bits per heavy atom. The Kier molecular flexibility index (Phi) is 6.04. The van der Waals surface area contributed by atoms with Gasteiger partial charge in [-0.3, -0.25) is 4.79 Å². The predicted octanol–water partition coefficient (Wildman–Crippen LogP) is 4.74. The number of benzene rings is 2. The van der Waals surface area contributed by atoms with Crippen molar-refractivity contribution < 1.29 is 14.1 Å². The molecule has 0 saturated carbocycles. The van der Waals surface area contributed by atoms with Crippen LogP contribution >= 0.6 is 11.6 Å². The van der Waals surface area contributed by atoms with Gasteiger partial charge in [-0.2, -0.15) is 4.98 Å². The van der Waals surface area contributed by atoms with Crippen molar-refractivity contribution in [1.29, 1.82) is 0 Å². The third kappa shape index (κ3) is 4.78. The molecule has 31 heavy (non-hydrogen) atoms. The van der Waals surface area contributed by atoms with Crippen LogP contribution in [0.25, 0.3) is 23.0 Å². The van der Waals surface area contributed by atoms with Gasteiger partial charge in [0.15, 0.2) is 0 Å². The van der Waals surface area contributed by atoms with E-state index in [-0.39, 0.29) is 18.5 Å². The number of methoxy groups -OCH3 is 1. The number of carbonyl (C=O) groups is 1. The first-order chi connectivity index (χ1) is 15.0. The average molecular weight is 437 g/mol. The molecule has 4 rings (SSSR count). The highest BCUT2D eigenvalue weighted by atomic mass is 35.5. The molecule has 158 valence electrons. The van der Waals surface area contributed by atoms with E-state index in [1.807, 2.05) is 55.5 Å². The fraction of sp³-hybridized carbons (Fsp3) is 0.174. The molecule has 1 atom stereocenters. The van der Waals surface area contributed by atoms with Crippen LogP contribution < -0.4 is 10.1 Å². The maximum Gasteiger partial charge on any atom is 0.274 e. The highest BCUT2D eigenvalue weighted by Crippen LogP contribution is 2.25. The SMILES string of the molecule is COc1cccc([C@H](C)NC(=O)Cn2cccc2-c2nc(-c3cccc(Cl)c3)no2)c1. The Morgan fingerprint density at radius 2 is 2.03 bits per heavy atom. The van der Waals surface area contributed by atoms with E-state index in [0.717, 1.165) is 16.9 Å². The summed E-state index contributed by atoms with van der Waals surface area (Å²) >= 11 is 6.04. The zero-order chi connectivity index (χ0) is 21.8. The number of rotatable bonds is 7. The molecule has 1 amide bonds. The van der Waals surface area contributed by atoms with E-state index in [2.05, 4.69) is 15.5 Å². The lowest BCUT2D eigenvalue weighted by molar-refractivity contribution is -0.122. The van der Waals surface area contributed by atoms with Gasteiger partial charge < -0.3 is 19.1 Å². The molecule has 2 aromatic carbocycles. The monoisotopic (exact) mass is 436 g/mol. The molecule has 0 aliphatic rings. The van der Waals surface area contributed by atoms with Crippen LogP contribution in [0.4, 0.5) is 0 Å². The van der Waals surface area contributed by atoms with Crippen LogP contribution in [0, 0.1) is 0 Å². The maximum absolute atomic E-state index is 12.7. The summed E-state index contributed by atoms with van der Waals surface area (Å²) in [6.45, 7) is 2.05. The summed E-state index contributed by atoms with van der Waals surface area (Å²) in [5.41, 5.74) is 2.37. The van der Waals surface area contributed by atoms with Crippen molar-refractivity contribution >= 4 is 17.5 Å². The van der Waals surface area contributed by atoms with Crippen molar-refractivity contribution in [2.24, 2.45) is 0 Å². The van der Waals surface area contributed by atoms with E-state index in [4.69, 9.17) is 20.9 Å². The number of amides is 1. The molecule has 0 radical (unpaired) electrons. The lowest BCUT2D eigenvalue weighted by atomic mass is 10.1. The Bertz CT molecular complexity index is 1200. The molecular formula is C23H21ClN4O3. The van der Waals surface area contributed by atoms with Gasteiger partial charge in [0.05, 0.1) is 13.2 Å². The molecule has 0 aliphatic heterocycles. The molecule has 8 heteroatoms. The summed E-state index contributed by atoms with van der Waals surface area (Å²) in [7, 11) is 1.62. The Hall–Kier alpha value is -3.58. The zero-order valence-electron chi connectivity index (χ0n) is 17.1. The van der Waals surface area contributed by atoms with Gasteiger partial charge in [-0.15, -0.1) is 0 Å². The van der Waals surface area contributed by atoms with Crippen LogP contribution in [-0.2, 0) is 11.3 Å². The first-order valence-corrected chi connectivity index (χ1v) is 10.1. The van der Waals surface area contributed by atoms with Crippen molar-refractivity contribution in [3.63, 3.8) is 0 Å². The number of carbonyl (C=O) groups excluding carboxylic acids is 1. The highest BCUT2D eigenvalue weighted by molar-refractivity contribution is 6.30. The van der Waals surface area contributed by atoms with Crippen LogP contribution in [0.2, 0.25) is 5.02 Å². The largest absolute Gasteiger partial charge is 0.497 e. The van der Waals surface area contributed by atoms with Gasteiger partial charge >= 0.3 is 0 Å². The first-order valence-electron chi connectivity index (χ1n) is 9.72. The summed E-state index contributed by atoms with van der Waals surface area (Å²) in [6, 6.07) is 18.3. The number of ether oxygens (including phenoxy) is 1.